The minimum Gasteiger partial charge on any atom is -0.345 e. The summed E-state index contributed by atoms with van der Waals surface area (Å²) in [6.07, 6.45) is 0.639. The number of aromatic nitrogens is 4. The van der Waals surface area contributed by atoms with Crippen molar-refractivity contribution in [2.24, 2.45) is 0 Å². The van der Waals surface area contributed by atoms with Crippen LogP contribution >= 0.6 is 0 Å². The number of fused-ring (bicyclic) bond motifs is 2. The van der Waals surface area contributed by atoms with Gasteiger partial charge in [0.05, 0.1) is 18.8 Å². The van der Waals surface area contributed by atoms with Gasteiger partial charge in [0.25, 0.3) is 11.5 Å². The van der Waals surface area contributed by atoms with Crippen LogP contribution in [0.1, 0.15) is 21.7 Å². The average Bonchev–Trinajstić information content (AvgIpc) is 3.13. The van der Waals surface area contributed by atoms with Crippen LogP contribution in [0.4, 0.5) is 13.2 Å². The Morgan fingerprint density at radius 2 is 1.87 bits per heavy atom. The zero-order chi connectivity index (χ0) is 22.0. The van der Waals surface area contributed by atoms with E-state index in [2.05, 4.69) is 20.6 Å². The second-order valence-electron chi connectivity index (χ2n) is 6.84. The molecule has 4 rings (SSSR count). The second-order valence-corrected chi connectivity index (χ2v) is 6.84. The number of carbonyl (C=O) groups is 1. The van der Waals surface area contributed by atoms with Crippen molar-refractivity contribution in [3.8, 4) is 0 Å². The molecule has 0 atom stereocenters. The number of carbonyl (C=O) groups excluding carboxylic acids is 1. The van der Waals surface area contributed by atoms with Crippen LogP contribution < -0.4 is 16.2 Å². The molecule has 1 amide bonds. The fraction of sp³-hybridized carbons (Fsp3) is 0.200. The van der Waals surface area contributed by atoms with Crippen molar-refractivity contribution >= 4 is 17.2 Å². The van der Waals surface area contributed by atoms with Gasteiger partial charge in [-0.05, 0) is 23.8 Å². The van der Waals surface area contributed by atoms with Crippen LogP contribution in [0.25, 0.3) is 11.3 Å². The maximum Gasteiger partial charge on any atom is 0.401 e. The van der Waals surface area contributed by atoms with Crippen molar-refractivity contribution in [1.29, 1.82) is 0 Å². The number of rotatable bonds is 6. The first-order valence-electron chi connectivity index (χ1n) is 9.29. The molecule has 0 saturated heterocycles. The summed E-state index contributed by atoms with van der Waals surface area (Å²) in [5.41, 5.74) is 1.79. The number of pyridine rings is 2. The van der Waals surface area contributed by atoms with Gasteiger partial charge in [-0.3, -0.25) is 14.0 Å². The van der Waals surface area contributed by atoms with Crippen molar-refractivity contribution < 1.29 is 18.0 Å². The van der Waals surface area contributed by atoms with E-state index in [4.69, 9.17) is 0 Å². The predicted molar refractivity (Wildman–Crippen MR) is 106 cm³/mol. The maximum atomic E-state index is 12.4. The van der Waals surface area contributed by atoms with Gasteiger partial charge in [0.15, 0.2) is 0 Å². The molecule has 0 unspecified atom stereocenters. The van der Waals surface area contributed by atoms with Gasteiger partial charge in [-0.2, -0.15) is 13.2 Å². The Balaban J connectivity index is 1.43. The lowest BCUT2D eigenvalue weighted by Crippen LogP contribution is -2.28. The number of halogens is 3. The number of hydrogen-bond acceptors (Lipinski definition) is 5. The molecule has 0 spiro atoms. The lowest BCUT2D eigenvalue weighted by atomic mass is 10.3. The second kappa shape index (κ2) is 8.19. The van der Waals surface area contributed by atoms with Gasteiger partial charge in [-0.15, -0.1) is 0 Å². The molecule has 0 saturated carbocycles. The molecule has 0 aliphatic rings. The molecule has 8 nitrogen and oxygen atoms in total. The third-order valence-corrected chi connectivity index (χ3v) is 4.45. The van der Waals surface area contributed by atoms with Crippen LogP contribution in [-0.2, 0) is 13.1 Å². The molecule has 0 radical (unpaired) electrons. The van der Waals surface area contributed by atoms with E-state index in [1.807, 2.05) is 0 Å². The van der Waals surface area contributed by atoms with Gasteiger partial charge in [0, 0.05) is 31.2 Å². The van der Waals surface area contributed by atoms with Crippen LogP contribution in [0.2, 0.25) is 0 Å². The van der Waals surface area contributed by atoms with Gasteiger partial charge in [-0.1, -0.05) is 12.1 Å². The van der Waals surface area contributed by atoms with E-state index in [-0.39, 0.29) is 24.3 Å². The Kier molecular flexibility index (Phi) is 5.42. The van der Waals surface area contributed by atoms with Gasteiger partial charge >= 0.3 is 6.18 Å². The molecule has 0 fully saturated rings. The van der Waals surface area contributed by atoms with E-state index in [0.29, 0.717) is 22.6 Å². The maximum absolute atomic E-state index is 12.4. The molecule has 4 aromatic rings. The number of amides is 1. The van der Waals surface area contributed by atoms with Crippen molar-refractivity contribution in [2.75, 3.05) is 6.54 Å². The quantitative estimate of drug-likeness (QED) is 0.488. The molecule has 4 heterocycles. The highest BCUT2D eigenvalue weighted by atomic mass is 19.4. The Labute approximate surface area is 173 Å². The summed E-state index contributed by atoms with van der Waals surface area (Å²) in [6.45, 7) is -0.917. The minimum atomic E-state index is -4.27. The summed E-state index contributed by atoms with van der Waals surface area (Å²) < 4.78 is 39.8. The zero-order valence-corrected chi connectivity index (χ0v) is 16.1. The number of alkyl halides is 3. The van der Waals surface area contributed by atoms with Crippen molar-refractivity contribution in [3.05, 3.63) is 82.3 Å². The first-order valence-corrected chi connectivity index (χ1v) is 9.29. The number of nitrogens with zero attached hydrogens (tertiary/aromatic N) is 4. The first-order chi connectivity index (χ1) is 14.8. The molecule has 4 aromatic heterocycles. The minimum absolute atomic E-state index is 0.00186. The van der Waals surface area contributed by atoms with E-state index in [1.165, 1.54) is 4.40 Å². The summed E-state index contributed by atoms with van der Waals surface area (Å²) >= 11 is 0. The molecular formula is C20H17F3N6O2. The van der Waals surface area contributed by atoms with Crippen molar-refractivity contribution in [3.63, 3.8) is 0 Å². The van der Waals surface area contributed by atoms with E-state index in [9.17, 15) is 22.8 Å². The molecule has 0 aliphatic heterocycles. The Morgan fingerprint density at radius 1 is 1.03 bits per heavy atom. The van der Waals surface area contributed by atoms with Crippen LogP contribution in [0, 0.1) is 0 Å². The Hall–Kier alpha value is -3.73. The summed E-state index contributed by atoms with van der Waals surface area (Å²) in [4.78, 5) is 33.1. The van der Waals surface area contributed by atoms with Gasteiger partial charge in [0.2, 0.25) is 0 Å². The molecule has 11 heteroatoms. The summed E-state index contributed by atoms with van der Waals surface area (Å²) in [7, 11) is 0. The van der Waals surface area contributed by atoms with E-state index in [0.717, 1.165) is 6.07 Å². The molecule has 31 heavy (non-hydrogen) atoms. The highest BCUT2D eigenvalue weighted by Crippen LogP contribution is 2.13. The zero-order valence-electron chi connectivity index (χ0n) is 16.1. The van der Waals surface area contributed by atoms with Crippen LogP contribution in [0.5, 0.6) is 0 Å². The van der Waals surface area contributed by atoms with E-state index < -0.39 is 18.6 Å². The number of imidazole rings is 1. The fourth-order valence-corrected chi connectivity index (χ4v) is 3.06. The number of hydrogen-bond donors (Lipinski definition) is 2. The van der Waals surface area contributed by atoms with Crippen LogP contribution in [0.3, 0.4) is 0 Å². The largest absolute Gasteiger partial charge is 0.401 e. The SMILES string of the molecule is O=C(NCc1cn2cc(CNCC(F)(F)F)ccc2n1)c1cc(=O)n2ccccc2n1. The third kappa shape index (κ3) is 4.89. The molecular weight excluding hydrogens is 413 g/mol. The number of nitrogens with one attached hydrogen (secondary N) is 2. The van der Waals surface area contributed by atoms with Gasteiger partial charge in [0.1, 0.15) is 17.0 Å². The lowest BCUT2D eigenvalue weighted by molar-refractivity contribution is -0.125. The van der Waals surface area contributed by atoms with Crippen molar-refractivity contribution in [2.45, 2.75) is 19.3 Å². The third-order valence-electron chi connectivity index (χ3n) is 4.45. The first kappa shape index (κ1) is 20.5. The van der Waals surface area contributed by atoms with Crippen molar-refractivity contribution in [1.82, 2.24) is 29.4 Å². The predicted octanol–water partition coefficient (Wildman–Crippen LogP) is 1.92. The lowest BCUT2D eigenvalue weighted by Gasteiger charge is -2.08. The Bertz CT molecular complexity index is 1310. The monoisotopic (exact) mass is 430 g/mol. The fourth-order valence-electron chi connectivity index (χ4n) is 3.06. The Morgan fingerprint density at radius 3 is 2.68 bits per heavy atom. The van der Waals surface area contributed by atoms with E-state index in [1.54, 1.807) is 53.3 Å². The van der Waals surface area contributed by atoms with Gasteiger partial charge in [-0.25, -0.2) is 9.97 Å². The molecule has 160 valence electrons. The van der Waals surface area contributed by atoms with Gasteiger partial charge < -0.3 is 15.0 Å². The summed E-state index contributed by atoms with van der Waals surface area (Å²) in [6, 6.07) is 9.56. The van der Waals surface area contributed by atoms with E-state index >= 15 is 0 Å². The molecule has 0 bridgehead atoms. The summed E-state index contributed by atoms with van der Waals surface area (Å²) in [5.74, 6) is -0.516. The highest BCUT2D eigenvalue weighted by Gasteiger charge is 2.26. The molecule has 0 aromatic carbocycles. The topological polar surface area (TPSA) is 92.8 Å². The van der Waals surface area contributed by atoms with Crippen LogP contribution in [-0.4, -0.2) is 37.4 Å². The van der Waals surface area contributed by atoms with Crippen LogP contribution in [0.15, 0.2) is 59.8 Å². The molecule has 0 aliphatic carbocycles. The average molecular weight is 430 g/mol. The summed E-state index contributed by atoms with van der Waals surface area (Å²) in [5, 5.41) is 5.01. The standard InChI is InChI=1S/C20H17F3N6O2/c21-20(22,23)12-24-8-13-4-5-16-26-14(11-28(16)10-13)9-25-19(31)15-7-18(30)29-6-2-1-3-17(29)27-15/h1-7,10-11,24H,8-9,12H2,(H,25,31). The normalized spacial score (nSPS) is 11.8. The molecule has 2 N–H and O–H groups in total. The highest BCUT2D eigenvalue weighted by molar-refractivity contribution is 5.92. The smallest absolute Gasteiger partial charge is 0.345 e.